The Morgan fingerprint density at radius 3 is 2.20 bits per heavy atom. The fourth-order valence-electron chi connectivity index (χ4n) is 0.312. The third-order valence-corrected chi connectivity index (χ3v) is 1.17. The summed E-state index contributed by atoms with van der Waals surface area (Å²) in [5.74, 6) is 0. The Kier molecular flexibility index (Phi) is 3.65. The molecule has 0 aromatic carbocycles. The maximum Gasteiger partial charge on any atom is 0.0629 e. The summed E-state index contributed by atoms with van der Waals surface area (Å²) in [7, 11) is 0. The minimum Gasteiger partial charge on any atom is -0.402 e. The van der Waals surface area contributed by atoms with E-state index >= 15 is 0 Å². The molecule has 3 heteroatoms. The molecule has 0 aliphatic carbocycles. The number of nitrogens with two attached hydrogens (primary N) is 2. The number of rotatable bonds is 2. The van der Waals surface area contributed by atoms with Crippen molar-refractivity contribution in [1.82, 2.24) is 0 Å². The molecule has 0 fully saturated rings. The predicted molar refractivity (Wildman–Crippen MR) is 45.2 cm³/mol. The molecule has 0 heterocycles. The quantitative estimate of drug-likeness (QED) is 0.598. The van der Waals surface area contributed by atoms with Crippen LogP contribution in [0.4, 0.5) is 0 Å². The molecule has 0 bridgehead atoms. The van der Waals surface area contributed by atoms with Crippen LogP contribution < -0.4 is 11.5 Å². The molecule has 4 N–H and O–H groups in total. The van der Waals surface area contributed by atoms with E-state index in [0.29, 0.717) is 16.4 Å². The van der Waals surface area contributed by atoms with Crippen molar-refractivity contribution in [1.29, 1.82) is 0 Å². The van der Waals surface area contributed by atoms with Gasteiger partial charge < -0.3 is 11.5 Å². The minimum absolute atomic E-state index is 0.346. The molecule has 0 saturated carbocycles. The summed E-state index contributed by atoms with van der Waals surface area (Å²) >= 11 is 5.60. The van der Waals surface area contributed by atoms with Crippen molar-refractivity contribution in [2.75, 3.05) is 0 Å². The molecule has 0 rings (SSSR count). The molecule has 0 spiro atoms. The van der Waals surface area contributed by atoms with Crippen molar-refractivity contribution in [3.63, 3.8) is 0 Å². The lowest BCUT2D eigenvalue weighted by Crippen LogP contribution is -1.94. The molecular weight excluding hydrogens is 148 g/mol. The molecule has 0 amide bonds. The Labute approximate surface area is 65.8 Å². The maximum atomic E-state index is 5.60. The molecule has 0 aromatic rings. The molecule has 0 unspecified atom stereocenters. The second-order valence-corrected chi connectivity index (χ2v) is 2.36. The van der Waals surface area contributed by atoms with Crippen LogP contribution >= 0.6 is 11.6 Å². The first-order valence-corrected chi connectivity index (χ1v) is 3.16. The first kappa shape index (κ1) is 9.11. The van der Waals surface area contributed by atoms with Gasteiger partial charge in [-0.25, -0.2) is 0 Å². The number of hydrogen-bond acceptors (Lipinski definition) is 2. The Balaban J connectivity index is 4.19. The maximum absolute atomic E-state index is 5.60. The lowest BCUT2D eigenvalue weighted by molar-refractivity contribution is 1.31. The van der Waals surface area contributed by atoms with Crippen LogP contribution in [0.5, 0.6) is 0 Å². The van der Waals surface area contributed by atoms with Crippen molar-refractivity contribution in [3.8, 4) is 0 Å². The third-order valence-electron chi connectivity index (χ3n) is 0.799. The largest absolute Gasteiger partial charge is 0.402 e. The fraction of sp³-hybridized carbons (Fsp3) is 0.143. The zero-order chi connectivity index (χ0) is 8.15. The molecule has 0 aliphatic rings. The van der Waals surface area contributed by atoms with E-state index in [1.807, 2.05) is 0 Å². The average molecular weight is 159 g/mol. The van der Waals surface area contributed by atoms with Crippen LogP contribution in [0.1, 0.15) is 6.92 Å². The second kappa shape index (κ2) is 4.01. The van der Waals surface area contributed by atoms with E-state index in [1.165, 1.54) is 0 Å². The van der Waals surface area contributed by atoms with E-state index < -0.39 is 0 Å². The summed E-state index contributed by atoms with van der Waals surface area (Å²) < 4.78 is 0. The van der Waals surface area contributed by atoms with Crippen LogP contribution in [0.25, 0.3) is 0 Å². The van der Waals surface area contributed by atoms with E-state index in [1.54, 1.807) is 19.1 Å². The van der Waals surface area contributed by atoms with Crippen molar-refractivity contribution < 1.29 is 0 Å². The molecule has 0 radical (unpaired) electrons. The smallest absolute Gasteiger partial charge is 0.0629 e. The van der Waals surface area contributed by atoms with Crippen molar-refractivity contribution in [2.24, 2.45) is 11.5 Å². The van der Waals surface area contributed by atoms with Gasteiger partial charge in [0.15, 0.2) is 0 Å². The second-order valence-electron chi connectivity index (χ2n) is 1.95. The number of halogens is 1. The molecule has 2 nitrogen and oxygen atoms in total. The van der Waals surface area contributed by atoms with Gasteiger partial charge in [0, 0.05) is 11.4 Å². The topological polar surface area (TPSA) is 52.0 Å². The Hall–Kier alpha value is -0.890. The molecule has 56 valence electrons. The van der Waals surface area contributed by atoms with Crippen LogP contribution in [-0.2, 0) is 0 Å². The van der Waals surface area contributed by atoms with Crippen LogP contribution in [0.2, 0.25) is 0 Å². The summed E-state index contributed by atoms with van der Waals surface area (Å²) in [4.78, 5) is 0. The molecule has 0 aromatic heterocycles. The van der Waals surface area contributed by atoms with Gasteiger partial charge in [0.25, 0.3) is 0 Å². The highest BCUT2D eigenvalue weighted by atomic mass is 35.5. The van der Waals surface area contributed by atoms with Gasteiger partial charge in [0.05, 0.1) is 5.03 Å². The van der Waals surface area contributed by atoms with Crippen LogP contribution in [0, 0.1) is 0 Å². The highest BCUT2D eigenvalue weighted by Gasteiger charge is 1.88. The predicted octanol–water partition coefficient (Wildman–Crippen LogP) is 1.44. The van der Waals surface area contributed by atoms with Gasteiger partial charge in [0.1, 0.15) is 0 Å². The van der Waals surface area contributed by atoms with Crippen molar-refractivity contribution in [3.05, 3.63) is 35.2 Å². The highest BCUT2D eigenvalue weighted by molar-refractivity contribution is 6.31. The SMILES string of the molecule is C=C(N)/C(Cl)=C\C=C(\C)N. The first-order valence-electron chi connectivity index (χ1n) is 2.78. The molecule has 0 saturated heterocycles. The molecule has 10 heavy (non-hydrogen) atoms. The van der Waals surface area contributed by atoms with Crippen molar-refractivity contribution in [2.45, 2.75) is 6.92 Å². The average Bonchev–Trinajstić information content (AvgIpc) is 1.82. The van der Waals surface area contributed by atoms with E-state index in [-0.39, 0.29) is 0 Å². The highest BCUT2D eigenvalue weighted by Crippen LogP contribution is 2.06. The van der Waals surface area contributed by atoms with Gasteiger partial charge in [-0.05, 0) is 19.1 Å². The van der Waals surface area contributed by atoms with Gasteiger partial charge in [0.2, 0.25) is 0 Å². The van der Waals surface area contributed by atoms with E-state index in [9.17, 15) is 0 Å². The third kappa shape index (κ3) is 4.04. The monoisotopic (exact) mass is 158 g/mol. The fourth-order valence-corrected chi connectivity index (χ4v) is 0.375. The minimum atomic E-state index is 0.346. The Morgan fingerprint density at radius 1 is 1.40 bits per heavy atom. The molecule has 0 atom stereocenters. The lowest BCUT2D eigenvalue weighted by Gasteiger charge is -1.92. The van der Waals surface area contributed by atoms with Crippen molar-refractivity contribution >= 4 is 11.6 Å². The number of hydrogen-bond donors (Lipinski definition) is 2. The Morgan fingerprint density at radius 2 is 1.90 bits per heavy atom. The van der Waals surface area contributed by atoms with Gasteiger partial charge in [-0.3, -0.25) is 0 Å². The lowest BCUT2D eigenvalue weighted by atomic mass is 10.3. The summed E-state index contributed by atoms with van der Waals surface area (Å²) in [5.41, 5.74) is 11.6. The zero-order valence-corrected chi connectivity index (χ0v) is 6.65. The summed E-state index contributed by atoms with van der Waals surface area (Å²) in [6.45, 7) is 5.20. The van der Waals surface area contributed by atoms with Crippen LogP contribution in [0.3, 0.4) is 0 Å². The Bertz CT molecular complexity index is 188. The van der Waals surface area contributed by atoms with E-state index in [2.05, 4.69) is 6.58 Å². The van der Waals surface area contributed by atoms with Gasteiger partial charge in [-0.1, -0.05) is 18.2 Å². The normalized spacial score (nSPS) is 13.4. The molecular formula is C7H11ClN2. The first-order chi connectivity index (χ1) is 4.54. The van der Waals surface area contributed by atoms with Crippen LogP contribution in [-0.4, -0.2) is 0 Å². The standard InChI is InChI=1S/C7H11ClN2/c1-5(9)3-4-7(8)6(2)10/h3-4H,2,9-10H2,1H3/b5-3-,7-4+. The van der Waals surface area contributed by atoms with Gasteiger partial charge in [-0.2, -0.15) is 0 Å². The van der Waals surface area contributed by atoms with Crippen LogP contribution in [0.15, 0.2) is 35.2 Å². The zero-order valence-electron chi connectivity index (χ0n) is 5.89. The number of allylic oxidation sites excluding steroid dienone is 4. The van der Waals surface area contributed by atoms with Gasteiger partial charge >= 0.3 is 0 Å². The van der Waals surface area contributed by atoms with Gasteiger partial charge in [-0.15, -0.1) is 0 Å². The van der Waals surface area contributed by atoms with E-state index in [4.69, 9.17) is 23.1 Å². The summed E-state index contributed by atoms with van der Waals surface area (Å²) in [6.07, 6.45) is 3.28. The molecule has 0 aliphatic heterocycles. The summed E-state index contributed by atoms with van der Waals surface area (Å²) in [5, 5.41) is 0.421. The summed E-state index contributed by atoms with van der Waals surface area (Å²) in [6, 6.07) is 0. The van der Waals surface area contributed by atoms with E-state index in [0.717, 1.165) is 0 Å².